The van der Waals surface area contributed by atoms with E-state index in [0.29, 0.717) is 18.5 Å². The molecule has 1 aromatic heterocycles. The minimum Gasteiger partial charge on any atom is -0.393 e. The summed E-state index contributed by atoms with van der Waals surface area (Å²) in [5.41, 5.74) is 1.72. The molecule has 0 aliphatic carbocycles. The van der Waals surface area contributed by atoms with Gasteiger partial charge in [0.15, 0.2) is 0 Å². The molecule has 0 saturated heterocycles. The molecule has 2 atom stereocenters. The van der Waals surface area contributed by atoms with E-state index in [4.69, 9.17) is 0 Å². The lowest BCUT2D eigenvalue weighted by Crippen LogP contribution is -2.29. The number of nitrogens with one attached hydrogen (secondary N) is 1. The Morgan fingerprint density at radius 1 is 1.30 bits per heavy atom. The lowest BCUT2D eigenvalue weighted by Gasteiger charge is -2.19. The zero-order chi connectivity index (χ0) is 16.7. The third-order valence-corrected chi connectivity index (χ3v) is 4.25. The van der Waals surface area contributed by atoms with Crippen LogP contribution in [0.1, 0.15) is 35.2 Å². The number of aliphatic hydroxyl groups is 1. The standard InChI is InChI=1S/C18H22N2O2S/c1-13(21)10-16(14-6-4-3-5-7-14)12-20-18(22)15-8-9-19-17(11-15)23-2/h3-9,11,13,16,21H,10,12H2,1-2H3,(H,20,22)/t13-,16-/m1/s1. The Kier molecular flexibility index (Phi) is 6.62. The van der Waals surface area contributed by atoms with Crippen molar-refractivity contribution in [1.82, 2.24) is 10.3 Å². The molecular weight excluding hydrogens is 308 g/mol. The van der Waals surface area contributed by atoms with Gasteiger partial charge in [0.05, 0.1) is 11.1 Å². The summed E-state index contributed by atoms with van der Waals surface area (Å²) in [4.78, 5) is 16.5. The molecule has 1 aromatic carbocycles. The molecule has 0 fully saturated rings. The number of carbonyl (C=O) groups is 1. The van der Waals surface area contributed by atoms with Crippen LogP contribution in [0.2, 0.25) is 0 Å². The minimum atomic E-state index is -0.416. The second-order valence-corrected chi connectivity index (χ2v) is 6.32. The molecule has 122 valence electrons. The Bertz CT molecular complexity index is 632. The van der Waals surface area contributed by atoms with Crippen LogP contribution in [0.3, 0.4) is 0 Å². The molecule has 0 aliphatic rings. The molecule has 1 heterocycles. The van der Waals surface area contributed by atoms with Crippen molar-refractivity contribution < 1.29 is 9.90 Å². The number of rotatable bonds is 7. The van der Waals surface area contributed by atoms with Gasteiger partial charge in [-0.1, -0.05) is 30.3 Å². The fraction of sp³-hybridized carbons (Fsp3) is 0.333. The summed E-state index contributed by atoms with van der Waals surface area (Å²) in [6.45, 7) is 2.26. The first-order valence-corrected chi connectivity index (χ1v) is 8.84. The fourth-order valence-electron chi connectivity index (χ4n) is 2.45. The third-order valence-electron chi connectivity index (χ3n) is 3.61. The van der Waals surface area contributed by atoms with Gasteiger partial charge in [0.2, 0.25) is 0 Å². The van der Waals surface area contributed by atoms with Crippen LogP contribution < -0.4 is 5.32 Å². The summed E-state index contributed by atoms with van der Waals surface area (Å²) in [5.74, 6) is -0.0313. The van der Waals surface area contributed by atoms with Crippen molar-refractivity contribution in [2.24, 2.45) is 0 Å². The number of amides is 1. The normalized spacial score (nSPS) is 13.3. The number of aliphatic hydroxyl groups excluding tert-OH is 1. The predicted octanol–water partition coefficient (Wildman–Crippen LogP) is 3.09. The van der Waals surface area contributed by atoms with Crippen LogP contribution in [0.25, 0.3) is 0 Å². The molecule has 0 unspecified atom stereocenters. The van der Waals surface area contributed by atoms with Crippen molar-refractivity contribution in [3.05, 3.63) is 59.8 Å². The zero-order valence-corrected chi connectivity index (χ0v) is 14.2. The molecule has 1 amide bonds. The quantitative estimate of drug-likeness (QED) is 0.766. The van der Waals surface area contributed by atoms with Gasteiger partial charge >= 0.3 is 0 Å². The number of thioether (sulfide) groups is 1. The van der Waals surface area contributed by atoms with Gasteiger partial charge in [-0.05, 0) is 37.3 Å². The topological polar surface area (TPSA) is 62.2 Å². The summed E-state index contributed by atoms with van der Waals surface area (Å²) in [5, 5.41) is 13.5. The Labute approximate surface area is 141 Å². The van der Waals surface area contributed by atoms with Gasteiger partial charge in [-0.15, -0.1) is 11.8 Å². The number of carbonyl (C=O) groups excluding carboxylic acids is 1. The average Bonchev–Trinajstić information content (AvgIpc) is 2.58. The van der Waals surface area contributed by atoms with E-state index in [0.717, 1.165) is 10.6 Å². The van der Waals surface area contributed by atoms with Crippen molar-refractivity contribution in [2.45, 2.75) is 30.4 Å². The number of nitrogens with zero attached hydrogens (tertiary/aromatic N) is 1. The van der Waals surface area contributed by atoms with E-state index in [1.165, 1.54) is 11.8 Å². The predicted molar refractivity (Wildman–Crippen MR) is 93.8 cm³/mol. The molecule has 0 radical (unpaired) electrons. The molecule has 0 aliphatic heterocycles. The van der Waals surface area contributed by atoms with E-state index >= 15 is 0 Å². The first-order valence-electron chi connectivity index (χ1n) is 7.61. The van der Waals surface area contributed by atoms with E-state index < -0.39 is 6.10 Å². The highest BCUT2D eigenvalue weighted by Crippen LogP contribution is 2.21. The van der Waals surface area contributed by atoms with Gasteiger partial charge in [0.25, 0.3) is 5.91 Å². The van der Waals surface area contributed by atoms with Gasteiger partial charge < -0.3 is 10.4 Å². The second kappa shape index (κ2) is 8.70. The van der Waals surface area contributed by atoms with Crippen LogP contribution in [-0.4, -0.2) is 34.9 Å². The number of hydrogen-bond acceptors (Lipinski definition) is 4. The highest BCUT2D eigenvalue weighted by molar-refractivity contribution is 7.98. The summed E-state index contributed by atoms with van der Waals surface area (Å²) < 4.78 is 0. The number of pyridine rings is 1. The Balaban J connectivity index is 2.04. The first-order chi connectivity index (χ1) is 11.1. The van der Waals surface area contributed by atoms with Gasteiger partial charge in [-0.2, -0.15) is 0 Å². The van der Waals surface area contributed by atoms with Crippen molar-refractivity contribution >= 4 is 17.7 Å². The molecular formula is C18H22N2O2S. The molecule has 23 heavy (non-hydrogen) atoms. The van der Waals surface area contributed by atoms with Crippen molar-refractivity contribution in [3.8, 4) is 0 Å². The molecule has 2 aromatic rings. The van der Waals surface area contributed by atoms with E-state index in [2.05, 4.69) is 10.3 Å². The molecule has 0 bridgehead atoms. The van der Waals surface area contributed by atoms with Crippen LogP contribution in [0.5, 0.6) is 0 Å². The monoisotopic (exact) mass is 330 g/mol. The molecule has 0 spiro atoms. The van der Waals surface area contributed by atoms with Gasteiger partial charge in [0.1, 0.15) is 0 Å². The third kappa shape index (κ3) is 5.37. The second-order valence-electron chi connectivity index (χ2n) is 5.49. The van der Waals surface area contributed by atoms with Crippen LogP contribution in [0.15, 0.2) is 53.7 Å². The lowest BCUT2D eigenvalue weighted by molar-refractivity contribution is 0.0945. The minimum absolute atomic E-state index is 0.0852. The van der Waals surface area contributed by atoms with E-state index in [1.54, 1.807) is 25.3 Å². The summed E-state index contributed by atoms with van der Waals surface area (Å²) in [7, 11) is 0. The Morgan fingerprint density at radius 3 is 2.70 bits per heavy atom. The number of aromatic nitrogens is 1. The molecule has 2 rings (SSSR count). The maximum Gasteiger partial charge on any atom is 0.251 e. The highest BCUT2D eigenvalue weighted by atomic mass is 32.2. The van der Waals surface area contributed by atoms with Gasteiger partial charge in [0, 0.05) is 24.2 Å². The first kappa shape index (κ1) is 17.5. The molecule has 0 saturated carbocycles. The van der Waals surface area contributed by atoms with Crippen molar-refractivity contribution in [3.63, 3.8) is 0 Å². The van der Waals surface area contributed by atoms with Crippen LogP contribution in [-0.2, 0) is 0 Å². The maximum atomic E-state index is 12.3. The maximum absolute atomic E-state index is 12.3. The summed E-state index contributed by atoms with van der Waals surface area (Å²) in [6.07, 6.45) is 3.76. The molecule has 2 N–H and O–H groups in total. The van der Waals surface area contributed by atoms with E-state index in [-0.39, 0.29) is 11.8 Å². The van der Waals surface area contributed by atoms with Crippen molar-refractivity contribution in [2.75, 3.05) is 12.8 Å². The van der Waals surface area contributed by atoms with Crippen LogP contribution in [0.4, 0.5) is 0 Å². The zero-order valence-electron chi connectivity index (χ0n) is 13.4. The smallest absolute Gasteiger partial charge is 0.251 e. The molecule has 5 heteroatoms. The van der Waals surface area contributed by atoms with Crippen LogP contribution in [0, 0.1) is 0 Å². The van der Waals surface area contributed by atoms with Gasteiger partial charge in [-0.25, -0.2) is 4.98 Å². The van der Waals surface area contributed by atoms with Gasteiger partial charge in [-0.3, -0.25) is 4.79 Å². The SMILES string of the molecule is CSc1cc(C(=O)NC[C@@H](C[C@@H](C)O)c2ccccc2)ccn1. The summed E-state index contributed by atoms with van der Waals surface area (Å²) in [6, 6.07) is 13.4. The number of hydrogen-bond donors (Lipinski definition) is 2. The number of benzene rings is 1. The largest absolute Gasteiger partial charge is 0.393 e. The lowest BCUT2D eigenvalue weighted by atomic mass is 9.93. The van der Waals surface area contributed by atoms with Crippen LogP contribution >= 0.6 is 11.8 Å². The highest BCUT2D eigenvalue weighted by Gasteiger charge is 2.16. The fourth-order valence-corrected chi connectivity index (χ4v) is 2.87. The Morgan fingerprint density at radius 2 is 2.04 bits per heavy atom. The molecule has 4 nitrogen and oxygen atoms in total. The average molecular weight is 330 g/mol. The van der Waals surface area contributed by atoms with E-state index in [1.807, 2.05) is 36.6 Å². The van der Waals surface area contributed by atoms with E-state index in [9.17, 15) is 9.90 Å². The Hall–Kier alpha value is -1.85. The summed E-state index contributed by atoms with van der Waals surface area (Å²) >= 11 is 1.51. The van der Waals surface area contributed by atoms with Crippen molar-refractivity contribution in [1.29, 1.82) is 0 Å².